The van der Waals surface area contributed by atoms with Crippen LogP contribution < -0.4 is 0 Å². The van der Waals surface area contributed by atoms with Gasteiger partial charge in [-0.1, -0.05) is 54.4 Å². The molecule has 0 nitrogen and oxygen atoms in total. The molecule has 0 aromatic rings. The summed E-state index contributed by atoms with van der Waals surface area (Å²) in [6.45, 7) is 15.5. The molecular weight excluding hydrogens is 252 g/mol. The van der Waals surface area contributed by atoms with Crippen LogP contribution in [0.25, 0.3) is 0 Å². The predicted octanol–water partition coefficient (Wildman–Crippen LogP) is 6.69. The molecule has 122 valence electrons. The highest BCUT2D eigenvalue weighted by molar-refractivity contribution is 5.03. The van der Waals surface area contributed by atoms with Crippen LogP contribution in [0.5, 0.6) is 0 Å². The molecule has 0 aromatic heterocycles. The summed E-state index contributed by atoms with van der Waals surface area (Å²) in [7, 11) is 0. The minimum Gasteiger partial charge on any atom is -0.0622 e. The van der Waals surface area contributed by atoms with Gasteiger partial charge in [-0.15, -0.1) is 0 Å². The zero-order valence-electron chi connectivity index (χ0n) is 15.5. The van der Waals surface area contributed by atoms with Crippen LogP contribution in [0.2, 0.25) is 0 Å². The average Bonchev–Trinajstić information content (AvgIpc) is 2.34. The first-order valence-electron chi connectivity index (χ1n) is 9.67. The molecule has 0 aromatic carbocycles. The Morgan fingerprint density at radius 2 is 1.52 bits per heavy atom. The third-order valence-electron chi connectivity index (χ3n) is 8.56. The smallest absolute Gasteiger partial charge is 0.0292 e. The van der Waals surface area contributed by atoms with E-state index in [0.29, 0.717) is 16.2 Å². The lowest BCUT2D eigenvalue weighted by Crippen LogP contribution is -2.51. The SMILES string of the molecule is C[C@@H]1CCC[C@@]2(C)CC[C@H]3C(C)(C)CC[C@@H](C[C@H]12)C3(C)C. The lowest BCUT2D eigenvalue weighted by molar-refractivity contribution is -0.0978. The Balaban J connectivity index is 1.94. The molecule has 0 unspecified atom stereocenters. The minimum atomic E-state index is 0.556. The zero-order valence-corrected chi connectivity index (χ0v) is 15.5. The molecule has 5 atom stereocenters. The van der Waals surface area contributed by atoms with Crippen LogP contribution in [0.4, 0.5) is 0 Å². The molecule has 3 aliphatic carbocycles. The van der Waals surface area contributed by atoms with Gasteiger partial charge in [0.05, 0.1) is 0 Å². The van der Waals surface area contributed by atoms with E-state index >= 15 is 0 Å². The van der Waals surface area contributed by atoms with Gasteiger partial charge in [0.25, 0.3) is 0 Å². The van der Waals surface area contributed by atoms with Crippen molar-refractivity contribution in [1.29, 1.82) is 0 Å². The summed E-state index contributed by atoms with van der Waals surface area (Å²) in [6.07, 6.45) is 11.9. The van der Waals surface area contributed by atoms with Crippen LogP contribution in [-0.4, -0.2) is 0 Å². The molecule has 0 heteroatoms. The number of hydrogen-bond acceptors (Lipinski definition) is 0. The van der Waals surface area contributed by atoms with Crippen molar-refractivity contribution in [2.24, 2.45) is 39.9 Å². The van der Waals surface area contributed by atoms with Crippen molar-refractivity contribution >= 4 is 0 Å². The molecule has 3 aliphatic rings. The van der Waals surface area contributed by atoms with E-state index in [4.69, 9.17) is 0 Å². The van der Waals surface area contributed by atoms with Crippen molar-refractivity contribution in [3.63, 3.8) is 0 Å². The molecule has 0 spiro atoms. The van der Waals surface area contributed by atoms with Crippen molar-refractivity contribution in [2.75, 3.05) is 0 Å². The van der Waals surface area contributed by atoms with E-state index in [2.05, 4.69) is 41.5 Å². The molecule has 3 saturated carbocycles. The van der Waals surface area contributed by atoms with E-state index in [0.717, 1.165) is 23.7 Å². The molecule has 0 amide bonds. The summed E-state index contributed by atoms with van der Waals surface area (Å²) in [4.78, 5) is 0. The highest BCUT2D eigenvalue weighted by Gasteiger charge is 2.53. The topological polar surface area (TPSA) is 0 Å². The molecule has 0 N–H and O–H groups in total. The molecule has 3 fully saturated rings. The zero-order chi connectivity index (χ0) is 15.5. The van der Waals surface area contributed by atoms with Gasteiger partial charge in [0.15, 0.2) is 0 Å². The molecule has 0 heterocycles. The molecular formula is C21H38. The normalized spacial score (nSPS) is 48.9. The van der Waals surface area contributed by atoms with Crippen LogP contribution in [0.3, 0.4) is 0 Å². The van der Waals surface area contributed by atoms with Crippen LogP contribution in [0, 0.1) is 39.9 Å². The van der Waals surface area contributed by atoms with Crippen LogP contribution in [0.15, 0.2) is 0 Å². The van der Waals surface area contributed by atoms with Crippen molar-refractivity contribution in [1.82, 2.24) is 0 Å². The van der Waals surface area contributed by atoms with Crippen molar-refractivity contribution in [2.45, 2.75) is 92.9 Å². The van der Waals surface area contributed by atoms with Gasteiger partial charge in [-0.2, -0.15) is 0 Å². The Labute approximate surface area is 133 Å². The first kappa shape index (κ1) is 15.9. The maximum Gasteiger partial charge on any atom is -0.0292 e. The van der Waals surface area contributed by atoms with E-state index in [9.17, 15) is 0 Å². The van der Waals surface area contributed by atoms with Gasteiger partial charge >= 0.3 is 0 Å². The second-order valence-corrected chi connectivity index (χ2v) is 10.5. The Morgan fingerprint density at radius 3 is 2.24 bits per heavy atom. The minimum absolute atomic E-state index is 0.556. The van der Waals surface area contributed by atoms with E-state index in [1.165, 1.54) is 51.4 Å². The lowest BCUT2D eigenvalue weighted by Gasteiger charge is -2.59. The van der Waals surface area contributed by atoms with E-state index < -0.39 is 0 Å². The monoisotopic (exact) mass is 290 g/mol. The van der Waals surface area contributed by atoms with Crippen LogP contribution >= 0.6 is 0 Å². The molecule has 2 bridgehead atoms. The van der Waals surface area contributed by atoms with Crippen molar-refractivity contribution in [3.8, 4) is 0 Å². The fourth-order valence-corrected chi connectivity index (χ4v) is 7.08. The Kier molecular flexibility index (Phi) is 3.78. The second kappa shape index (κ2) is 5.00. The third kappa shape index (κ3) is 2.49. The molecule has 21 heavy (non-hydrogen) atoms. The lowest BCUT2D eigenvalue weighted by atomic mass is 9.46. The van der Waals surface area contributed by atoms with Gasteiger partial charge in [-0.3, -0.25) is 0 Å². The van der Waals surface area contributed by atoms with Crippen molar-refractivity contribution in [3.05, 3.63) is 0 Å². The first-order chi connectivity index (χ1) is 9.67. The summed E-state index contributed by atoms with van der Waals surface area (Å²) >= 11 is 0. The molecule has 0 saturated heterocycles. The predicted molar refractivity (Wildman–Crippen MR) is 92.2 cm³/mol. The molecule has 0 radical (unpaired) electrons. The maximum atomic E-state index is 2.65. The summed E-state index contributed by atoms with van der Waals surface area (Å²) in [5.74, 6) is 3.86. The number of rotatable bonds is 0. The van der Waals surface area contributed by atoms with Crippen LogP contribution in [0.1, 0.15) is 92.9 Å². The standard InChI is InChI=1S/C21H38/c1-15-8-7-11-21(6)13-10-18-19(2,3)12-9-16(14-17(15)21)20(18,4)5/h15-18H,7-14H2,1-6H3/t15-,16+,17-,18+,21+/m1/s1. The van der Waals surface area contributed by atoms with E-state index in [-0.39, 0.29) is 0 Å². The fraction of sp³-hybridized carbons (Fsp3) is 1.00. The van der Waals surface area contributed by atoms with Gasteiger partial charge < -0.3 is 0 Å². The maximum absolute atomic E-state index is 2.65. The van der Waals surface area contributed by atoms with Gasteiger partial charge in [0.1, 0.15) is 0 Å². The van der Waals surface area contributed by atoms with E-state index in [1.807, 2.05) is 0 Å². The summed E-state index contributed by atoms with van der Waals surface area (Å²) < 4.78 is 0. The summed E-state index contributed by atoms with van der Waals surface area (Å²) in [5, 5.41) is 0. The number of fused-ring (bicyclic) bond motifs is 3. The quantitative estimate of drug-likeness (QED) is 0.466. The highest BCUT2D eigenvalue weighted by atomic mass is 14.6. The fourth-order valence-electron chi connectivity index (χ4n) is 7.08. The Morgan fingerprint density at radius 1 is 0.810 bits per heavy atom. The average molecular weight is 291 g/mol. The number of hydrogen-bond donors (Lipinski definition) is 0. The second-order valence-electron chi connectivity index (χ2n) is 10.5. The third-order valence-corrected chi connectivity index (χ3v) is 8.56. The van der Waals surface area contributed by atoms with E-state index in [1.54, 1.807) is 0 Å². The first-order valence-corrected chi connectivity index (χ1v) is 9.67. The molecule has 3 rings (SSSR count). The van der Waals surface area contributed by atoms with Gasteiger partial charge in [0.2, 0.25) is 0 Å². The van der Waals surface area contributed by atoms with Crippen molar-refractivity contribution < 1.29 is 0 Å². The summed E-state index contributed by atoms with van der Waals surface area (Å²) in [5.41, 5.74) is 1.77. The Hall–Kier alpha value is 0. The highest BCUT2D eigenvalue weighted by Crippen LogP contribution is 2.62. The Bertz CT molecular complexity index is 391. The largest absolute Gasteiger partial charge is 0.0622 e. The van der Waals surface area contributed by atoms with Gasteiger partial charge in [-0.05, 0) is 78.4 Å². The van der Waals surface area contributed by atoms with Gasteiger partial charge in [-0.25, -0.2) is 0 Å². The van der Waals surface area contributed by atoms with Crippen LogP contribution in [-0.2, 0) is 0 Å². The van der Waals surface area contributed by atoms with Gasteiger partial charge in [0, 0.05) is 0 Å². The molecule has 0 aliphatic heterocycles. The summed E-state index contributed by atoms with van der Waals surface area (Å²) in [6, 6.07) is 0.